The lowest BCUT2D eigenvalue weighted by Crippen LogP contribution is -2.07. The van der Waals surface area contributed by atoms with E-state index < -0.39 is 11.8 Å². The number of methoxy groups -OCH3 is 1. The van der Waals surface area contributed by atoms with Crippen LogP contribution in [0.5, 0.6) is 11.5 Å². The Hall–Kier alpha value is -2.72. The molecular formula is C24H16BrFINO4. The van der Waals surface area contributed by atoms with Crippen molar-refractivity contribution in [2.45, 2.75) is 6.61 Å². The number of carbonyl (C=O) groups is 1. The van der Waals surface area contributed by atoms with Gasteiger partial charge in [0.25, 0.3) is 0 Å². The fraction of sp³-hybridized carbons (Fsp3) is 0.0833. The topological polar surface area (TPSA) is 57.1 Å². The van der Waals surface area contributed by atoms with Crippen LogP contribution in [0.1, 0.15) is 16.7 Å². The second-order valence-electron chi connectivity index (χ2n) is 6.73. The van der Waals surface area contributed by atoms with Crippen molar-refractivity contribution in [1.82, 2.24) is 0 Å². The number of nitrogens with zero attached hydrogens (tertiary/aromatic N) is 1. The van der Waals surface area contributed by atoms with E-state index in [1.807, 2.05) is 30.3 Å². The second-order valence-corrected chi connectivity index (χ2v) is 8.75. The Balaban J connectivity index is 1.61. The third-order valence-corrected chi connectivity index (χ3v) is 6.18. The highest BCUT2D eigenvalue weighted by Gasteiger charge is 2.26. The van der Waals surface area contributed by atoms with Gasteiger partial charge in [-0.25, -0.2) is 14.2 Å². The van der Waals surface area contributed by atoms with Crippen molar-refractivity contribution in [3.05, 3.63) is 96.9 Å². The second kappa shape index (κ2) is 9.83. The maximum absolute atomic E-state index is 14.0. The van der Waals surface area contributed by atoms with Crippen molar-refractivity contribution in [2.75, 3.05) is 7.11 Å². The molecule has 8 heteroatoms. The molecule has 1 heterocycles. The molecule has 0 aliphatic carbocycles. The van der Waals surface area contributed by atoms with E-state index in [-0.39, 0.29) is 17.2 Å². The first kappa shape index (κ1) is 22.5. The number of cyclic esters (lactones) is 1. The zero-order valence-electron chi connectivity index (χ0n) is 16.8. The van der Waals surface area contributed by atoms with Gasteiger partial charge in [-0.1, -0.05) is 46.3 Å². The molecule has 162 valence electrons. The summed E-state index contributed by atoms with van der Waals surface area (Å²) in [5.74, 6) is -0.111. The summed E-state index contributed by atoms with van der Waals surface area (Å²) in [5.41, 5.74) is 1.88. The SMILES string of the molecule is COc1cc(/C=C2/N=C(c3ccccc3F)OC2=O)cc(I)c1OCc1ccccc1Br. The molecule has 0 unspecified atom stereocenters. The standard InChI is InChI=1S/C24H16BrFINO4/c1-30-21-12-14(10-19(27)22(21)31-13-15-6-2-4-8-17(15)25)11-20-24(29)32-23(28-20)16-7-3-5-9-18(16)26/h2-12H,13H2,1H3/b20-11+. The average molecular weight is 608 g/mol. The van der Waals surface area contributed by atoms with E-state index >= 15 is 0 Å². The van der Waals surface area contributed by atoms with Crippen molar-refractivity contribution in [3.8, 4) is 11.5 Å². The molecule has 4 rings (SSSR count). The highest BCUT2D eigenvalue weighted by Crippen LogP contribution is 2.36. The molecular weight excluding hydrogens is 592 g/mol. The minimum atomic E-state index is -0.647. The Morgan fingerprint density at radius 1 is 1.16 bits per heavy atom. The number of esters is 1. The van der Waals surface area contributed by atoms with Crippen molar-refractivity contribution in [3.63, 3.8) is 0 Å². The van der Waals surface area contributed by atoms with Gasteiger partial charge in [-0.2, -0.15) is 0 Å². The van der Waals surface area contributed by atoms with E-state index in [9.17, 15) is 9.18 Å². The number of ether oxygens (including phenoxy) is 3. The van der Waals surface area contributed by atoms with Gasteiger partial charge in [-0.3, -0.25) is 0 Å². The zero-order valence-corrected chi connectivity index (χ0v) is 20.5. The summed E-state index contributed by atoms with van der Waals surface area (Å²) in [6, 6.07) is 17.4. The first-order valence-corrected chi connectivity index (χ1v) is 11.3. The molecule has 0 bridgehead atoms. The zero-order chi connectivity index (χ0) is 22.7. The van der Waals surface area contributed by atoms with Crippen LogP contribution in [0.3, 0.4) is 0 Å². The third-order valence-electron chi connectivity index (χ3n) is 4.61. The van der Waals surface area contributed by atoms with Crippen LogP contribution in [0, 0.1) is 9.39 Å². The van der Waals surface area contributed by atoms with E-state index in [0.717, 1.165) is 13.6 Å². The van der Waals surface area contributed by atoms with Crippen LogP contribution in [0.2, 0.25) is 0 Å². The van der Waals surface area contributed by atoms with Crippen LogP contribution in [0.4, 0.5) is 4.39 Å². The minimum absolute atomic E-state index is 0.0607. The molecule has 32 heavy (non-hydrogen) atoms. The number of aliphatic imine (C=N–C) groups is 1. The van der Waals surface area contributed by atoms with Crippen molar-refractivity contribution in [1.29, 1.82) is 0 Å². The highest BCUT2D eigenvalue weighted by atomic mass is 127. The van der Waals surface area contributed by atoms with Crippen molar-refractivity contribution in [2.24, 2.45) is 4.99 Å². The van der Waals surface area contributed by atoms with Gasteiger partial charge in [0.1, 0.15) is 12.4 Å². The van der Waals surface area contributed by atoms with E-state index in [2.05, 4.69) is 43.5 Å². The Labute approximate surface area is 206 Å². The molecule has 0 saturated heterocycles. The van der Waals surface area contributed by atoms with E-state index in [1.54, 1.807) is 31.4 Å². The smallest absolute Gasteiger partial charge is 0.363 e. The maximum Gasteiger partial charge on any atom is 0.363 e. The molecule has 0 fully saturated rings. The molecule has 0 radical (unpaired) electrons. The van der Waals surface area contributed by atoms with Crippen molar-refractivity contribution >= 4 is 56.5 Å². The summed E-state index contributed by atoms with van der Waals surface area (Å²) in [7, 11) is 1.55. The Bertz CT molecular complexity index is 1260. The number of rotatable bonds is 6. The Morgan fingerprint density at radius 3 is 2.66 bits per heavy atom. The normalized spacial score (nSPS) is 14.3. The lowest BCUT2D eigenvalue weighted by Gasteiger charge is -2.14. The van der Waals surface area contributed by atoms with Crippen LogP contribution < -0.4 is 9.47 Å². The number of hydrogen-bond donors (Lipinski definition) is 0. The lowest BCUT2D eigenvalue weighted by atomic mass is 10.1. The van der Waals surface area contributed by atoms with Crippen LogP contribution in [-0.2, 0) is 16.1 Å². The molecule has 0 atom stereocenters. The summed E-state index contributed by atoms with van der Waals surface area (Å²) < 4.78 is 32.5. The average Bonchev–Trinajstić information content (AvgIpc) is 3.14. The Morgan fingerprint density at radius 2 is 1.91 bits per heavy atom. The van der Waals surface area contributed by atoms with Crippen LogP contribution >= 0.6 is 38.5 Å². The molecule has 0 saturated carbocycles. The highest BCUT2D eigenvalue weighted by molar-refractivity contribution is 14.1. The van der Waals surface area contributed by atoms with Crippen LogP contribution in [0.25, 0.3) is 6.08 Å². The van der Waals surface area contributed by atoms with E-state index in [1.165, 1.54) is 12.1 Å². The van der Waals surface area contributed by atoms with Crippen LogP contribution in [-0.4, -0.2) is 19.0 Å². The summed E-state index contributed by atoms with van der Waals surface area (Å²) in [6.45, 7) is 0.358. The molecule has 0 N–H and O–H groups in total. The lowest BCUT2D eigenvalue weighted by molar-refractivity contribution is -0.129. The van der Waals surface area contributed by atoms with Crippen molar-refractivity contribution < 1.29 is 23.4 Å². The van der Waals surface area contributed by atoms with Gasteiger partial charge in [0, 0.05) is 10.0 Å². The van der Waals surface area contributed by atoms with Gasteiger partial charge in [-0.05, 0) is 64.6 Å². The van der Waals surface area contributed by atoms with Gasteiger partial charge < -0.3 is 14.2 Å². The summed E-state index contributed by atoms with van der Waals surface area (Å²) in [5, 5.41) is 0. The predicted molar refractivity (Wildman–Crippen MR) is 131 cm³/mol. The molecule has 3 aromatic rings. The van der Waals surface area contributed by atoms with Gasteiger partial charge in [0.2, 0.25) is 5.90 Å². The van der Waals surface area contributed by atoms with Gasteiger partial charge in [-0.15, -0.1) is 0 Å². The summed E-state index contributed by atoms with van der Waals surface area (Å²) >= 11 is 5.66. The van der Waals surface area contributed by atoms with Crippen LogP contribution in [0.15, 0.2) is 75.8 Å². The van der Waals surface area contributed by atoms with Gasteiger partial charge in [0.15, 0.2) is 17.2 Å². The summed E-state index contributed by atoms with van der Waals surface area (Å²) in [6.07, 6.45) is 1.57. The molecule has 0 aromatic heterocycles. The first-order chi connectivity index (χ1) is 15.5. The fourth-order valence-electron chi connectivity index (χ4n) is 3.05. The maximum atomic E-state index is 14.0. The number of carbonyl (C=O) groups excluding carboxylic acids is 1. The Kier molecular flexibility index (Phi) is 6.90. The quantitative estimate of drug-likeness (QED) is 0.192. The fourth-order valence-corrected chi connectivity index (χ4v) is 4.23. The number of halogens is 3. The molecule has 0 spiro atoms. The van der Waals surface area contributed by atoms with Gasteiger partial charge in [0.05, 0.1) is 16.2 Å². The molecule has 1 aliphatic heterocycles. The third kappa shape index (κ3) is 4.86. The molecule has 5 nitrogen and oxygen atoms in total. The molecule has 3 aromatic carbocycles. The number of benzene rings is 3. The van der Waals surface area contributed by atoms with E-state index in [4.69, 9.17) is 14.2 Å². The largest absolute Gasteiger partial charge is 0.493 e. The summed E-state index contributed by atoms with van der Waals surface area (Å²) in [4.78, 5) is 16.5. The molecule has 0 amide bonds. The first-order valence-electron chi connectivity index (χ1n) is 9.47. The monoisotopic (exact) mass is 607 g/mol. The minimum Gasteiger partial charge on any atom is -0.493 e. The van der Waals surface area contributed by atoms with Gasteiger partial charge >= 0.3 is 5.97 Å². The molecule has 1 aliphatic rings. The number of hydrogen-bond acceptors (Lipinski definition) is 5. The van der Waals surface area contributed by atoms with E-state index in [0.29, 0.717) is 23.7 Å². The predicted octanol–water partition coefficient (Wildman–Crippen LogP) is 6.12.